The Balaban J connectivity index is 1.16. The highest BCUT2D eigenvalue weighted by molar-refractivity contribution is 6.21. The molecular weight excluding hydrogens is 635 g/mol. The third-order valence-electron chi connectivity index (χ3n) is 9.72. The van der Waals surface area contributed by atoms with E-state index in [1.807, 2.05) is 36.4 Å². The van der Waals surface area contributed by atoms with Gasteiger partial charge in [-0.2, -0.15) is 0 Å². The molecule has 4 heteroatoms. The lowest BCUT2D eigenvalue weighted by atomic mass is 9.92. The van der Waals surface area contributed by atoms with Gasteiger partial charge < -0.3 is 4.42 Å². The van der Waals surface area contributed by atoms with Gasteiger partial charge in [-0.25, -0.2) is 9.98 Å². The molecule has 0 unspecified atom stereocenters. The van der Waals surface area contributed by atoms with Crippen molar-refractivity contribution in [3.05, 3.63) is 193 Å². The van der Waals surface area contributed by atoms with Gasteiger partial charge >= 0.3 is 0 Å². The molecule has 0 radical (unpaired) electrons. The van der Waals surface area contributed by atoms with E-state index in [0.717, 1.165) is 66.1 Å². The monoisotopic (exact) mass is 667 g/mol. The molecule has 1 heterocycles. The van der Waals surface area contributed by atoms with Crippen LogP contribution >= 0.6 is 0 Å². The zero-order valence-corrected chi connectivity index (χ0v) is 28.4. The molecule has 0 aliphatic carbocycles. The van der Waals surface area contributed by atoms with E-state index < -0.39 is 0 Å². The first-order valence-corrected chi connectivity index (χ1v) is 17.4. The van der Waals surface area contributed by atoms with Gasteiger partial charge in [-0.1, -0.05) is 158 Å². The summed E-state index contributed by atoms with van der Waals surface area (Å²) in [7, 11) is 0. The van der Waals surface area contributed by atoms with E-state index in [1.54, 1.807) is 0 Å². The second-order valence-corrected chi connectivity index (χ2v) is 12.8. The molecule has 4 nitrogen and oxygen atoms in total. The zero-order chi connectivity index (χ0) is 34.9. The molecular formula is C48H33N3O. The number of aliphatic imine (C=N–C) groups is 3. The summed E-state index contributed by atoms with van der Waals surface area (Å²) < 4.78 is 6.24. The molecule has 0 aliphatic heterocycles. The van der Waals surface area contributed by atoms with E-state index in [0.29, 0.717) is 18.2 Å². The van der Waals surface area contributed by atoms with Gasteiger partial charge in [-0.3, -0.25) is 4.99 Å². The highest BCUT2D eigenvalue weighted by Gasteiger charge is 2.17. The third-order valence-corrected chi connectivity index (χ3v) is 9.72. The first-order valence-electron chi connectivity index (χ1n) is 17.4. The Labute approximate surface area is 301 Å². The Morgan fingerprint density at radius 1 is 0.481 bits per heavy atom. The zero-order valence-electron chi connectivity index (χ0n) is 28.4. The first kappa shape index (κ1) is 31.1. The molecule has 52 heavy (non-hydrogen) atoms. The van der Waals surface area contributed by atoms with Crippen molar-refractivity contribution in [2.75, 3.05) is 0 Å². The Hall–Kier alpha value is -6.91. The van der Waals surface area contributed by atoms with Crippen LogP contribution in [0.25, 0.3) is 65.7 Å². The fourth-order valence-electron chi connectivity index (χ4n) is 7.23. The average molecular weight is 668 g/mol. The van der Waals surface area contributed by atoms with Crippen LogP contribution in [-0.4, -0.2) is 18.4 Å². The minimum atomic E-state index is 0.484. The van der Waals surface area contributed by atoms with Crippen LogP contribution < -0.4 is 0 Å². The van der Waals surface area contributed by atoms with Crippen molar-refractivity contribution in [3.63, 3.8) is 0 Å². The van der Waals surface area contributed by atoms with E-state index in [9.17, 15) is 0 Å². The molecule has 0 spiro atoms. The number of hydrogen-bond acceptors (Lipinski definition) is 2. The smallest absolute Gasteiger partial charge is 0.161 e. The molecule has 8 aromatic carbocycles. The molecule has 0 fully saturated rings. The molecule has 0 saturated heterocycles. The summed E-state index contributed by atoms with van der Waals surface area (Å²) >= 11 is 0. The van der Waals surface area contributed by atoms with Crippen LogP contribution in [0.2, 0.25) is 0 Å². The second-order valence-electron chi connectivity index (χ2n) is 12.8. The maximum atomic E-state index is 6.24. The van der Waals surface area contributed by atoms with Crippen molar-refractivity contribution in [2.45, 2.75) is 6.54 Å². The van der Waals surface area contributed by atoms with Gasteiger partial charge in [-0.15, -0.1) is 0 Å². The van der Waals surface area contributed by atoms with Gasteiger partial charge in [0.1, 0.15) is 11.2 Å². The van der Waals surface area contributed by atoms with E-state index in [2.05, 4.69) is 151 Å². The number of fused-ring (bicyclic) bond motifs is 5. The van der Waals surface area contributed by atoms with Crippen molar-refractivity contribution >= 4 is 61.9 Å². The number of hydrogen-bond donors (Lipinski definition) is 0. The van der Waals surface area contributed by atoms with Crippen LogP contribution in [0, 0.1) is 0 Å². The fraction of sp³-hybridized carbons (Fsp3) is 0.0208. The van der Waals surface area contributed by atoms with Crippen LogP contribution in [0.4, 0.5) is 0 Å². The Morgan fingerprint density at radius 3 is 1.96 bits per heavy atom. The predicted octanol–water partition coefficient (Wildman–Crippen LogP) is 12.3. The van der Waals surface area contributed by atoms with Crippen molar-refractivity contribution < 1.29 is 4.42 Å². The van der Waals surface area contributed by atoms with Crippen molar-refractivity contribution in [3.8, 4) is 22.3 Å². The van der Waals surface area contributed by atoms with Gasteiger partial charge in [0.15, 0.2) is 11.7 Å². The van der Waals surface area contributed by atoms with Gasteiger partial charge in [-0.05, 0) is 74.3 Å². The standard InChI is InChI=1S/C48H33N3O/c1-49-48(42-30-29-40(38-18-7-8-19-39(38)42)41-22-12-24-45-46(41)43-20-9-10-23-44(43)52-45)51-47(50-31-32-13-3-2-4-14-32)35-27-25-34(26-28-35)37-21-11-16-33-15-5-6-17-36(33)37/h2-30H,1,31H2. The van der Waals surface area contributed by atoms with E-state index in [-0.39, 0.29) is 0 Å². The number of amidine groups is 2. The minimum absolute atomic E-state index is 0.484. The number of rotatable bonds is 6. The second kappa shape index (κ2) is 13.4. The van der Waals surface area contributed by atoms with Crippen molar-refractivity contribution in [1.29, 1.82) is 0 Å². The van der Waals surface area contributed by atoms with Crippen LogP contribution in [0.1, 0.15) is 16.7 Å². The Kier molecular flexibility index (Phi) is 8.03. The van der Waals surface area contributed by atoms with Crippen LogP contribution in [0.15, 0.2) is 195 Å². The molecule has 0 atom stereocenters. The highest BCUT2D eigenvalue weighted by atomic mass is 16.3. The molecule has 9 aromatic rings. The summed E-state index contributed by atoms with van der Waals surface area (Å²) in [6.07, 6.45) is 0. The molecule has 0 amide bonds. The average Bonchev–Trinajstić information content (AvgIpc) is 3.60. The van der Waals surface area contributed by atoms with E-state index in [4.69, 9.17) is 14.4 Å². The topological polar surface area (TPSA) is 50.2 Å². The summed E-state index contributed by atoms with van der Waals surface area (Å²) in [6, 6.07) is 60.8. The van der Waals surface area contributed by atoms with Crippen LogP contribution in [-0.2, 0) is 6.54 Å². The van der Waals surface area contributed by atoms with Gasteiger partial charge in [0.2, 0.25) is 0 Å². The first-order chi connectivity index (χ1) is 25.7. The molecule has 0 bridgehead atoms. The molecule has 1 aromatic heterocycles. The van der Waals surface area contributed by atoms with Crippen molar-refractivity contribution in [1.82, 2.24) is 0 Å². The summed E-state index contributed by atoms with van der Waals surface area (Å²) in [5, 5.41) is 6.77. The summed E-state index contributed by atoms with van der Waals surface area (Å²) in [4.78, 5) is 14.7. The maximum Gasteiger partial charge on any atom is 0.161 e. The molecule has 0 aliphatic rings. The van der Waals surface area contributed by atoms with Gasteiger partial charge in [0, 0.05) is 21.9 Å². The number of furan rings is 1. The predicted molar refractivity (Wildman–Crippen MR) is 219 cm³/mol. The Morgan fingerprint density at radius 2 is 1.13 bits per heavy atom. The number of para-hydroxylation sites is 1. The molecule has 0 N–H and O–H groups in total. The van der Waals surface area contributed by atoms with Crippen molar-refractivity contribution in [2.24, 2.45) is 15.0 Å². The summed E-state index contributed by atoms with van der Waals surface area (Å²) in [5.41, 5.74) is 9.20. The van der Waals surface area contributed by atoms with Gasteiger partial charge in [0.05, 0.1) is 6.54 Å². The minimum Gasteiger partial charge on any atom is -0.456 e. The SMILES string of the molecule is C=NC(=NC(=NCc1ccccc1)c1ccc(-c2cccc3ccccc23)cc1)c1ccc(-c2cccc3oc4ccccc4c23)c2ccccc12. The molecule has 9 rings (SSSR count). The quantitative estimate of drug-likeness (QED) is 0.129. The fourth-order valence-corrected chi connectivity index (χ4v) is 7.23. The maximum absolute atomic E-state index is 6.24. The summed E-state index contributed by atoms with van der Waals surface area (Å²) in [6.45, 7) is 4.48. The van der Waals surface area contributed by atoms with E-state index >= 15 is 0 Å². The third kappa shape index (κ3) is 5.66. The molecule has 246 valence electrons. The highest BCUT2D eigenvalue weighted by Crippen LogP contribution is 2.40. The molecule has 0 saturated carbocycles. The van der Waals surface area contributed by atoms with E-state index in [1.165, 1.54) is 16.3 Å². The lowest BCUT2D eigenvalue weighted by Crippen LogP contribution is -2.06. The number of benzene rings is 8. The number of nitrogens with zero attached hydrogens (tertiary/aromatic N) is 3. The van der Waals surface area contributed by atoms with Gasteiger partial charge in [0.25, 0.3) is 0 Å². The Bertz CT molecular complexity index is 2820. The largest absolute Gasteiger partial charge is 0.456 e. The van der Waals surface area contributed by atoms with Crippen LogP contribution in [0.5, 0.6) is 0 Å². The summed E-state index contributed by atoms with van der Waals surface area (Å²) in [5.74, 6) is 1.11. The normalized spacial score (nSPS) is 12.2. The lowest BCUT2D eigenvalue weighted by molar-refractivity contribution is 0.669. The lowest BCUT2D eigenvalue weighted by Gasteiger charge is -2.13. The van der Waals surface area contributed by atoms with Crippen LogP contribution in [0.3, 0.4) is 0 Å².